The van der Waals surface area contributed by atoms with Crippen molar-refractivity contribution in [2.24, 2.45) is 5.73 Å². The zero-order valence-electron chi connectivity index (χ0n) is 13.6. The third-order valence-electron chi connectivity index (χ3n) is 3.50. The van der Waals surface area contributed by atoms with Crippen LogP contribution >= 0.6 is 0 Å². The van der Waals surface area contributed by atoms with Gasteiger partial charge in [-0.1, -0.05) is 0 Å². The van der Waals surface area contributed by atoms with Crippen LogP contribution < -0.4 is 10.5 Å². The molecular formula is C15H18F2N2O5S. The van der Waals surface area contributed by atoms with Crippen LogP contribution in [0.25, 0.3) is 11.0 Å². The van der Waals surface area contributed by atoms with Gasteiger partial charge in [-0.3, -0.25) is 0 Å². The number of aryl methyl sites for hydroxylation is 1. The molecule has 0 radical (unpaired) electrons. The van der Waals surface area contributed by atoms with Crippen molar-refractivity contribution in [1.29, 1.82) is 0 Å². The monoisotopic (exact) mass is 376 g/mol. The van der Waals surface area contributed by atoms with E-state index in [1.54, 1.807) is 13.8 Å². The Hall–Kier alpha value is -2.04. The van der Waals surface area contributed by atoms with Crippen LogP contribution in [-0.4, -0.2) is 40.0 Å². The minimum atomic E-state index is -4.18. The number of esters is 1. The molecular weight excluding hydrogens is 358 g/mol. The highest BCUT2D eigenvalue weighted by Crippen LogP contribution is 2.28. The molecule has 0 saturated carbocycles. The molecule has 2 rings (SSSR count). The second-order valence-electron chi connectivity index (χ2n) is 5.32. The highest BCUT2D eigenvalue weighted by molar-refractivity contribution is 7.89. The maximum atomic E-state index is 13.2. The summed E-state index contributed by atoms with van der Waals surface area (Å²) in [5, 5.41) is 0.372. The minimum Gasteiger partial charge on any atom is -0.460 e. The zero-order chi connectivity index (χ0) is 18.8. The largest absolute Gasteiger partial charge is 0.460 e. The van der Waals surface area contributed by atoms with E-state index in [2.05, 4.69) is 0 Å². The summed E-state index contributed by atoms with van der Waals surface area (Å²) >= 11 is 0. The van der Waals surface area contributed by atoms with Gasteiger partial charge in [0, 0.05) is 10.9 Å². The lowest BCUT2D eigenvalue weighted by Gasteiger charge is -2.14. The van der Waals surface area contributed by atoms with Gasteiger partial charge in [0.15, 0.2) is 0 Å². The lowest BCUT2D eigenvalue weighted by molar-refractivity contribution is 0.0170. The maximum Gasteiger partial charge on any atom is 0.374 e. The summed E-state index contributed by atoms with van der Waals surface area (Å²) in [6, 6.07) is 3.80. The fraction of sp³-hybridized carbons (Fsp3) is 0.400. The van der Waals surface area contributed by atoms with Crippen LogP contribution in [0.15, 0.2) is 27.5 Å². The van der Waals surface area contributed by atoms with E-state index in [0.717, 1.165) is 0 Å². The number of carbonyl (C=O) groups is 1. The molecule has 0 aliphatic heterocycles. The first-order chi connectivity index (χ1) is 11.6. The van der Waals surface area contributed by atoms with E-state index in [9.17, 15) is 22.0 Å². The number of halogens is 2. The molecule has 10 heteroatoms. The third kappa shape index (κ3) is 4.14. The maximum absolute atomic E-state index is 13.2. The smallest absolute Gasteiger partial charge is 0.374 e. The van der Waals surface area contributed by atoms with Gasteiger partial charge in [-0.15, -0.1) is 0 Å². The first-order valence-corrected chi connectivity index (χ1v) is 8.87. The molecule has 0 atom stereocenters. The Labute approximate surface area is 143 Å². The molecule has 0 bridgehead atoms. The Morgan fingerprint density at radius 1 is 1.40 bits per heavy atom. The van der Waals surface area contributed by atoms with Crippen molar-refractivity contribution in [2.45, 2.75) is 24.7 Å². The van der Waals surface area contributed by atoms with Crippen molar-refractivity contribution < 1.29 is 31.1 Å². The summed E-state index contributed by atoms with van der Waals surface area (Å²) in [6.07, 6.45) is 0. The first-order valence-electron chi connectivity index (χ1n) is 7.39. The molecule has 2 aromatic rings. The van der Waals surface area contributed by atoms with Crippen LogP contribution in [-0.2, 0) is 14.8 Å². The molecule has 1 aromatic heterocycles. The van der Waals surface area contributed by atoms with Gasteiger partial charge in [-0.25, -0.2) is 26.7 Å². The van der Waals surface area contributed by atoms with Gasteiger partial charge in [0.05, 0.1) is 24.6 Å². The molecule has 1 heterocycles. The standard InChI is InChI=1S/C15H18F2N2O5S/c1-3-23-14(20)13-9(2)11-6-10(4-5-12(11)24-13)25(21,22)19-8-15(16,17)7-18/h4-6,19H,3,7-8,18H2,1-2H3. The fourth-order valence-corrected chi connectivity index (χ4v) is 3.20. The van der Waals surface area contributed by atoms with Crippen LogP contribution in [0, 0.1) is 6.92 Å². The molecule has 1 aromatic carbocycles. The van der Waals surface area contributed by atoms with Crippen LogP contribution in [0.2, 0.25) is 0 Å². The first kappa shape index (κ1) is 19.3. The average Bonchev–Trinajstić information content (AvgIpc) is 2.90. The van der Waals surface area contributed by atoms with E-state index < -0.39 is 35.0 Å². The molecule has 0 aliphatic rings. The number of hydrogen-bond donors (Lipinski definition) is 2. The van der Waals surface area contributed by atoms with Crippen molar-refractivity contribution in [1.82, 2.24) is 4.72 Å². The van der Waals surface area contributed by atoms with E-state index in [1.165, 1.54) is 18.2 Å². The number of hydrogen-bond acceptors (Lipinski definition) is 6. The van der Waals surface area contributed by atoms with Gasteiger partial charge in [0.1, 0.15) is 5.58 Å². The van der Waals surface area contributed by atoms with Crippen molar-refractivity contribution in [3.8, 4) is 0 Å². The number of nitrogens with two attached hydrogens (primary N) is 1. The summed E-state index contributed by atoms with van der Waals surface area (Å²) < 4.78 is 62.8. The van der Waals surface area contributed by atoms with Crippen LogP contribution in [0.1, 0.15) is 23.0 Å². The topological polar surface area (TPSA) is 112 Å². The van der Waals surface area contributed by atoms with Crippen molar-refractivity contribution in [3.63, 3.8) is 0 Å². The zero-order valence-corrected chi connectivity index (χ0v) is 14.5. The highest BCUT2D eigenvalue weighted by Gasteiger charge is 2.30. The number of alkyl halides is 2. The molecule has 0 fully saturated rings. The Kier molecular flexibility index (Phi) is 5.45. The summed E-state index contributed by atoms with van der Waals surface area (Å²) in [5.74, 6) is -4.05. The number of rotatable bonds is 7. The summed E-state index contributed by atoms with van der Waals surface area (Å²) in [6.45, 7) is 1.29. The Morgan fingerprint density at radius 2 is 2.08 bits per heavy atom. The quantitative estimate of drug-likeness (QED) is 0.713. The van der Waals surface area contributed by atoms with Gasteiger partial charge in [-0.05, 0) is 32.0 Å². The molecule has 138 valence electrons. The van der Waals surface area contributed by atoms with E-state index in [4.69, 9.17) is 14.9 Å². The highest BCUT2D eigenvalue weighted by atomic mass is 32.2. The van der Waals surface area contributed by atoms with Gasteiger partial charge >= 0.3 is 5.97 Å². The second-order valence-corrected chi connectivity index (χ2v) is 7.09. The summed E-state index contributed by atoms with van der Waals surface area (Å²) in [4.78, 5) is 11.6. The Morgan fingerprint density at radius 3 is 2.68 bits per heavy atom. The number of ether oxygens (including phenoxy) is 1. The van der Waals surface area contributed by atoms with Gasteiger partial charge in [0.25, 0.3) is 5.92 Å². The molecule has 0 saturated heterocycles. The van der Waals surface area contributed by atoms with E-state index in [-0.39, 0.29) is 22.8 Å². The average molecular weight is 376 g/mol. The van der Waals surface area contributed by atoms with Crippen molar-refractivity contribution in [3.05, 3.63) is 29.5 Å². The molecule has 0 unspecified atom stereocenters. The Bertz CT molecular complexity index is 893. The number of carbonyl (C=O) groups excluding carboxylic acids is 1. The van der Waals surface area contributed by atoms with Crippen LogP contribution in [0.4, 0.5) is 8.78 Å². The molecule has 25 heavy (non-hydrogen) atoms. The van der Waals surface area contributed by atoms with Crippen LogP contribution in [0.5, 0.6) is 0 Å². The SMILES string of the molecule is CCOC(=O)c1oc2ccc(S(=O)(=O)NCC(F)(F)CN)cc2c1C. The number of fused-ring (bicyclic) bond motifs is 1. The van der Waals surface area contributed by atoms with Crippen molar-refractivity contribution in [2.75, 3.05) is 19.7 Å². The summed E-state index contributed by atoms with van der Waals surface area (Å²) in [7, 11) is -4.18. The minimum absolute atomic E-state index is 0.0333. The fourth-order valence-electron chi connectivity index (χ4n) is 2.11. The predicted molar refractivity (Wildman–Crippen MR) is 86.1 cm³/mol. The summed E-state index contributed by atoms with van der Waals surface area (Å²) in [5.41, 5.74) is 5.57. The molecule has 0 amide bonds. The second kappa shape index (κ2) is 7.06. The number of sulfonamides is 1. The third-order valence-corrected chi connectivity index (χ3v) is 4.90. The number of furan rings is 1. The predicted octanol–water partition coefficient (Wildman–Crippen LogP) is 1.79. The van der Waals surface area contributed by atoms with Gasteiger partial charge < -0.3 is 14.9 Å². The van der Waals surface area contributed by atoms with E-state index >= 15 is 0 Å². The lowest BCUT2D eigenvalue weighted by Crippen LogP contribution is -2.41. The Balaban J connectivity index is 2.37. The molecule has 3 N–H and O–H groups in total. The van der Waals surface area contributed by atoms with Crippen molar-refractivity contribution >= 4 is 27.0 Å². The van der Waals surface area contributed by atoms with Crippen LogP contribution in [0.3, 0.4) is 0 Å². The normalized spacial score (nSPS) is 12.5. The molecule has 7 nitrogen and oxygen atoms in total. The van der Waals surface area contributed by atoms with E-state index in [1.807, 2.05) is 4.72 Å². The van der Waals surface area contributed by atoms with E-state index in [0.29, 0.717) is 10.9 Å². The molecule has 0 spiro atoms. The van der Waals surface area contributed by atoms with Gasteiger partial charge in [0.2, 0.25) is 15.8 Å². The molecule has 0 aliphatic carbocycles. The van der Waals surface area contributed by atoms with Gasteiger partial charge in [-0.2, -0.15) is 0 Å². The number of nitrogens with one attached hydrogen (secondary N) is 1. The lowest BCUT2D eigenvalue weighted by atomic mass is 10.1. The number of benzene rings is 1.